The summed E-state index contributed by atoms with van der Waals surface area (Å²) >= 11 is 12.4. The topological polar surface area (TPSA) is 86.8 Å². The van der Waals surface area contributed by atoms with E-state index in [9.17, 15) is 31.2 Å². The van der Waals surface area contributed by atoms with Crippen LogP contribution in [0.2, 0.25) is 10.0 Å². The van der Waals surface area contributed by atoms with Crippen LogP contribution in [0.25, 0.3) is 0 Å². The molecule has 1 aliphatic carbocycles. The van der Waals surface area contributed by atoms with Gasteiger partial charge >= 0.3 is 6.18 Å². The Labute approximate surface area is 265 Å². The first kappa shape index (κ1) is 33.6. The van der Waals surface area contributed by atoms with Crippen molar-refractivity contribution in [3.63, 3.8) is 0 Å². The van der Waals surface area contributed by atoms with Crippen LogP contribution >= 0.6 is 23.2 Å². The first-order valence-corrected chi connectivity index (χ1v) is 16.2. The maximum atomic E-state index is 14.1. The molecule has 1 atom stereocenters. The minimum atomic E-state index is -4.76. The Bertz CT molecular complexity index is 1610. The lowest BCUT2D eigenvalue weighted by atomic mass is 10.1. The maximum Gasteiger partial charge on any atom is 0.416 e. The van der Waals surface area contributed by atoms with Crippen molar-refractivity contribution in [2.24, 2.45) is 0 Å². The number of nitrogens with one attached hydrogen (secondary N) is 1. The summed E-state index contributed by atoms with van der Waals surface area (Å²) in [7, 11) is -4.54. The van der Waals surface area contributed by atoms with E-state index >= 15 is 0 Å². The minimum Gasteiger partial charge on any atom is -0.352 e. The number of amides is 2. The highest BCUT2D eigenvalue weighted by atomic mass is 35.5. The zero-order valence-corrected chi connectivity index (χ0v) is 26.4. The average molecular weight is 671 g/mol. The van der Waals surface area contributed by atoms with Crippen LogP contribution in [0.15, 0.2) is 71.6 Å². The second kappa shape index (κ2) is 13.8. The molecule has 4 rings (SSSR count). The van der Waals surface area contributed by atoms with Crippen molar-refractivity contribution >= 4 is 50.7 Å². The van der Waals surface area contributed by atoms with E-state index in [4.69, 9.17) is 23.2 Å². The highest BCUT2D eigenvalue weighted by Crippen LogP contribution is 2.34. The van der Waals surface area contributed by atoms with Gasteiger partial charge in [-0.15, -0.1) is 0 Å². The number of benzene rings is 3. The van der Waals surface area contributed by atoms with Crippen molar-refractivity contribution in [3.05, 3.63) is 93.5 Å². The lowest BCUT2D eigenvalue weighted by Crippen LogP contribution is -2.52. The molecular formula is C31H32Cl2F3N3O4S. The molecular weight excluding hydrogens is 638 g/mol. The van der Waals surface area contributed by atoms with Gasteiger partial charge in [-0.25, -0.2) is 8.42 Å². The lowest BCUT2D eigenvalue weighted by Gasteiger charge is -2.33. The molecule has 3 aromatic rings. The van der Waals surface area contributed by atoms with Gasteiger partial charge < -0.3 is 10.2 Å². The summed E-state index contributed by atoms with van der Waals surface area (Å²) in [4.78, 5) is 28.3. The molecule has 1 aliphatic rings. The fourth-order valence-corrected chi connectivity index (χ4v) is 6.89. The highest BCUT2D eigenvalue weighted by Gasteiger charge is 2.36. The number of alkyl halides is 3. The van der Waals surface area contributed by atoms with Gasteiger partial charge in [-0.1, -0.05) is 65.9 Å². The normalized spacial score (nSPS) is 14.7. The summed E-state index contributed by atoms with van der Waals surface area (Å²) < 4.78 is 69.4. The molecule has 0 heterocycles. The fraction of sp³-hybridized carbons (Fsp3) is 0.355. The summed E-state index contributed by atoms with van der Waals surface area (Å²) in [5, 5.41) is 3.52. The van der Waals surface area contributed by atoms with Gasteiger partial charge in [0.2, 0.25) is 11.8 Å². The third-order valence-electron chi connectivity index (χ3n) is 7.57. The lowest BCUT2D eigenvalue weighted by molar-refractivity contribution is -0.139. The van der Waals surface area contributed by atoms with Gasteiger partial charge in [-0.05, 0) is 74.7 Å². The summed E-state index contributed by atoms with van der Waals surface area (Å²) in [6.07, 6.45) is -1.24. The van der Waals surface area contributed by atoms with Crippen molar-refractivity contribution in [2.75, 3.05) is 10.8 Å². The maximum absolute atomic E-state index is 14.1. The molecule has 44 heavy (non-hydrogen) atoms. The second-order valence-corrected chi connectivity index (χ2v) is 13.5. The van der Waals surface area contributed by atoms with Gasteiger partial charge in [0.05, 0.1) is 16.1 Å². The summed E-state index contributed by atoms with van der Waals surface area (Å²) in [5.74, 6) is -1.26. The van der Waals surface area contributed by atoms with E-state index in [1.165, 1.54) is 36.1 Å². The molecule has 1 saturated carbocycles. The Morgan fingerprint density at radius 3 is 2.27 bits per heavy atom. The largest absolute Gasteiger partial charge is 0.416 e. The average Bonchev–Trinajstić information content (AvgIpc) is 3.48. The molecule has 3 aromatic carbocycles. The number of carbonyl (C=O) groups excluding carboxylic acids is 2. The fourth-order valence-electron chi connectivity index (χ4n) is 5.01. The number of anilines is 1. The number of aryl methyl sites for hydroxylation is 1. The SMILES string of the molecule is Cc1ccc(S(=O)(=O)N(CC(=O)N(Cc2ccc(Cl)cc2Cl)C(C)C(=O)NC2CCCC2)c2cccc(C(F)(F)F)c2)cc1. The van der Waals surface area contributed by atoms with Gasteiger partial charge in [-0.2, -0.15) is 13.2 Å². The van der Waals surface area contributed by atoms with E-state index in [2.05, 4.69) is 5.32 Å². The predicted molar refractivity (Wildman–Crippen MR) is 164 cm³/mol. The summed E-state index contributed by atoms with van der Waals surface area (Å²) in [6, 6.07) is 13.0. The monoisotopic (exact) mass is 669 g/mol. The number of rotatable bonds is 10. The smallest absolute Gasteiger partial charge is 0.352 e. The van der Waals surface area contributed by atoms with Crippen molar-refractivity contribution in [2.45, 2.75) is 69.2 Å². The number of halogens is 5. The first-order valence-electron chi connectivity index (χ1n) is 14.0. The van der Waals surface area contributed by atoms with Crippen LogP contribution in [0.3, 0.4) is 0 Å². The summed E-state index contributed by atoms with van der Waals surface area (Å²) in [6.45, 7) is 2.19. The molecule has 2 amide bonds. The Balaban J connectivity index is 1.75. The van der Waals surface area contributed by atoms with Crippen molar-refractivity contribution in [3.8, 4) is 0 Å². The van der Waals surface area contributed by atoms with E-state index in [1.54, 1.807) is 31.2 Å². The molecule has 0 spiro atoms. The molecule has 0 saturated heterocycles. The third kappa shape index (κ3) is 8.05. The Hall–Kier alpha value is -3.28. The van der Waals surface area contributed by atoms with Crippen LogP contribution in [-0.4, -0.2) is 43.8 Å². The Morgan fingerprint density at radius 2 is 1.66 bits per heavy atom. The van der Waals surface area contributed by atoms with Crippen LogP contribution in [0, 0.1) is 6.92 Å². The minimum absolute atomic E-state index is 0.0513. The number of hydrogen-bond acceptors (Lipinski definition) is 4. The molecule has 7 nitrogen and oxygen atoms in total. The predicted octanol–water partition coefficient (Wildman–Crippen LogP) is 6.99. The van der Waals surface area contributed by atoms with Crippen molar-refractivity contribution in [1.29, 1.82) is 0 Å². The van der Waals surface area contributed by atoms with Gasteiger partial charge in [-0.3, -0.25) is 13.9 Å². The van der Waals surface area contributed by atoms with Crippen LogP contribution in [-0.2, 0) is 32.3 Å². The van der Waals surface area contributed by atoms with Crippen LogP contribution in [0.1, 0.15) is 49.3 Å². The third-order valence-corrected chi connectivity index (χ3v) is 9.95. The molecule has 0 aromatic heterocycles. The standard InChI is InChI=1S/C31H32Cl2F3N3O4S/c1-20-10-14-27(15-11-20)44(42,43)39(26-9-5-6-23(16-26)31(34,35)36)19-29(40)38(18-22-12-13-24(32)17-28(22)33)21(2)30(41)37-25-7-3-4-8-25/h5-6,9-17,21,25H,3-4,7-8,18-19H2,1-2H3,(H,37,41). The molecule has 236 valence electrons. The summed E-state index contributed by atoms with van der Waals surface area (Å²) in [5.41, 5.74) is -0.238. The Morgan fingerprint density at radius 1 is 1.00 bits per heavy atom. The molecule has 0 radical (unpaired) electrons. The zero-order chi connectivity index (χ0) is 32.2. The number of nitrogens with zero attached hydrogens (tertiary/aromatic N) is 2. The van der Waals surface area contributed by atoms with Gasteiger partial charge in [0.25, 0.3) is 10.0 Å². The highest BCUT2D eigenvalue weighted by molar-refractivity contribution is 7.92. The molecule has 1 unspecified atom stereocenters. The number of hydrogen-bond donors (Lipinski definition) is 1. The first-order chi connectivity index (χ1) is 20.7. The Kier molecular flexibility index (Phi) is 10.5. The van der Waals surface area contributed by atoms with E-state index in [0.29, 0.717) is 21.0 Å². The number of sulfonamides is 1. The molecule has 13 heteroatoms. The van der Waals surface area contributed by atoms with Crippen LogP contribution < -0.4 is 9.62 Å². The number of carbonyl (C=O) groups is 2. The van der Waals surface area contributed by atoms with E-state index in [0.717, 1.165) is 43.4 Å². The van der Waals surface area contributed by atoms with Crippen LogP contribution in [0.4, 0.5) is 18.9 Å². The van der Waals surface area contributed by atoms with Gasteiger partial charge in [0.15, 0.2) is 0 Å². The van der Waals surface area contributed by atoms with Crippen LogP contribution in [0.5, 0.6) is 0 Å². The molecule has 0 aliphatic heterocycles. The second-order valence-electron chi connectivity index (χ2n) is 10.8. The molecule has 1 N–H and O–H groups in total. The van der Waals surface area contributed by atoms with Crippen molar-refractivity contribution < 1.29 is 31.2 Å². The van der Waals surface area contributed by atoms with E-state index in [1.807, 2.05) is 0 Å². The van der Waals surface area contributed by atoms with E-state index in [-0.39, 0.29) is 28.2 Å². The zero-order valence-electron chi connectivity index (χ0n) is 24.1. The van der Waals surface area contributed by atoms with Gasteiger partial charge in [0.1, 0.15) is 12.6 Å². The van der Waals surface area contributed by atoms with Crippen molar-refractivity contribution in [1.82, 2.24) is 10.2 Å². The molecule has 1 fully saturated rings. The quantitative estimate of drug-likeness (QED) is 0.252. The van der Waals surface area contributed by atoms with Gasteiger partial charge in [0, 0.05) is 22.6 Å². The molecule has 0 bridgehead atoms. The van der Waals surface area contributed by atoms with E-state index < -0.39 is 46.2 Å².